The van der Waals surface area contributed by atoms with Gasteiger partial charge >= 0.3 is 0 Å². The molecule has 0 aliphatic heterocycles. The zero-order valence-corrected chi connectivity index (χ0v) is 10.3. The van der Waals surface area contributed by atoms with Crippen LogP contribution in [0.15, 0.2) is 30.5 Å². The lowest BCUT2D eigenvalue weighted by atomic mass is 9.98. The molecule has 17 heavy (non-hydrogen) atoms. The summed E-state index contributed by atoms with van der Waals surface area (Å²) in [6, 6.07) is 7.77. The zero-order valence-electron chi connectivity index (χ0n) is 10.3. The number of aromatic nitrogens is 1. The zero-order chi connectivity index (χ0) is 12.6. The molecule has 0 aliphatic carbocycles. The fourth-order valence-electron chi connectivity index (χ4n) is 2.06. The van der Waals surface area contributed by atoms with Crippen LogP contribution < -0.4 is 0 Å². The van der Waals surface area contributed by atoms with Crippen LogP contribution in [0.25, 0.3) is 10.9 Å². The van der Waals surface area contributed by atoms with Crippen LogP contribution in [0.1, 0.15) is 25.5 Å². The number of hydrogen-bond donors (Lipinski definition) is 1. The lowest BCUT2D eigenvalue weighted by molar-refractivity contribution is -0.130. The van der Waals surface area contributed by atoms with E-state index in [-0.39, 0.29) is 11.7 Å². The fourth-order valence-corrected chi connectivity index (χ4v) is 2.06. The lowest BCUT2D eigenvalue weighted by Gasteiger charge is -2.11. The van der Waals surface area contributed by atoms with E-state index in [4.69, 9.17) is 0 Å². The second kappa shape index (κ2) is 4.34. The molecule has 1 heterocycles. The highest BCUT2D eigenvalue weighted by atomic mass is 16.3. The third-order valence-electron chi connectivity index (χ3n) is 3.06. The number of fused-ring (bicyclic) bond motifs is 1. The SMILES string of the molecule is CC(C)C(=O)C(O)c1cn(C)c2ccccc12. The first-order valence-electron chi connectivity index (χ1n) is 5.78. The molecule has 1 aromatic carbocycles. The Labute approximate surface area is 101 Å². The molecule has 0 fully saturated rings. The first kappa shape index (κ1) is 11.9. The van der Waals surface area contributed by atoms with E-state index in [1.54, 1.807) is 13.8 Å². The van der Waals surface area contributed by atoms with Gasteiger partial charge < -0.3 is 9.67 Å². The maximum absolute atomic E-state index is 11.8. The van der Waals surface area contributed by atoms with Gasteiger partial charge in [-0.1, -0.05) is 32.0 Å². The summed E-state index contributed by atoms with van der Waals surface area (Å²) in [5.74, 6) is -0.301. The van der Waals surface area contributed by atoms with Gasteiger partial charge in [0.05, 0.1) is 0 Å². The summed E-state index contributed by atoms with van der Waals surface area (Å²) in [5, 5.41) is 11.0. The number of aliphatic hydroxyl groups is 1. The molecule has 1 N–H and O–H groups in total. The van der Waals surface area contributed by atoms with Crippen LogP contribution in [0.4, 0.5) is 0 Å². The van der Waals surface area contributed by atoms with E-state index in [9.17, 15) is 9.90 Å². The van der Waals surface area contributed by atoms with Crippen molar-refractivity contribution in [2.24, 2.45) is 13.0 Å². The normalized spacial score (nSPS) is 13.2. The van der Waals surface area contributed by atoms with E-state index < -0.39 is 6.10 Å². The molecule has 0 spiro atoms. The van der Waals surface area contributed by atoms with Crippen molar-refractivity contribution in [2.45, 2.75) is 20.0 Å². The third-order valence-corrected chi connectivity index (χ3v) is 3.06. The molecule has 2 aromatic rings. The maximum atomic E-state index is 11.8. The Morgan fingerprint density at radius 1 is 1.29 bits per heavy atom. The molecule has 90 valence electrons. The number of aryl methyl sites for hydroxylation is 1. The van der Waals surface area contributed by atoms with Gasteiger partial charge in [0, 0.05) is 35.6 Å². The number of nitrogens with zero attached hydrogens (tertiary/aromatic N) is 1. The Bertz CT molecular complexity index is 554. The molecule has 3 heteroatoms. The minimum Gasteiger partial charge on any atom is -0.380 e. The van der Waals surface area contributed by atoms with Crippen LogP contribution in [0.5, 0.6) is 0 Å². The third kappa shape index (κ3) is 1.98. The van der Waals surface area contributed by atoms with Crippen molar-refractivity contribution in [3.05, 3.63) is 36.0 Å². The van der Waals surface area contributed by atoms with Gasteiger partial charge in [-0.25, -0.2) is 0 Å². The number of para-hydroxylation sites is 1. The molecule has 0 saturated carbocycles. The van der Waals surface area contributed by atoms with Crippen LogP contribution in [0.3, 0.4) is 0 Å². The number of rotatable bonds is 3. The van der Waals surface area contributed by atoms with Crippen molar-refractivity contribution in [3.8, 4) is 0 Å². The van der Waals surface area contributed by atoms with Gasteiger partial charge in [0.2, 0.25) is 0 Å². The molecule has 0 saturated heterocycles. The predicted octanol–water partition coefficient (Wildman–Crippen LogP) is 2.44. The van der Waals surface area contributed by atoms with Crippen molar-refractivity contribution >= 4 is 16.7 Å². The van der Waals surface area contributed by atoms with Gasteiger partial charge in [0.1, 0.15) is 6.10 Å². The predicted molar refractivity (Wildman–Crippen MR) is 67.7 cm³/mol. The monoisotopic (exact) mass is 231 g/mol. The van der Waals surface area contributed by atoms with Crippen molar-refractivity contribution in [3.63, 3.8) is 0 Å². The van der Waals surface area contributed by atoms with Crippen LogP contribution in [-0.4, -0.2) is 15.5 Å². The summed E-state index contributed by atoms with van der Waals surface area (Å²) in [5.41, 5.74) is 1.72. The Hall–Kier alpha value is -1.61. The van der Waals surface area contributed by atoms with Crippen molar-refractivity contribution in [1.82, 2.24) is 4.57 Å². The van der Waals surface area contributed by atoms with Crippen LogP contribution >= 0.6 is 0 Å². The first-order chi connectivity index (χ1) is 8.02. The highest BCUT2D eigenvalue weighted by molar-refractivity contribution is 5.92. The Balaban J connectivity index is 2.53. The topological polar surface area (TPSA) is 42.2 Å². The van der Waals surface area contributed by atoms with Crippen molar-refractivity contribution in [1.29, 1.82) is 0 Å². The van der Waals surface area contributed by atoms with Crippen LogP contribution in [0, 0.1) is 5.92 Å². The number of hydrogen-bond acceptors (Lipinski definition) is 2. The molecule has 1 aromatic heterocycles. The molecule has 3 nitrogen and oxygen atoms in total. The maximum Gasteiger partial charge on any atom is 0.168 e. The minimum atomic E-state index is -1.03. The lowest BCUT2D eigenvalue weighted by Crippen LogP contribution is -2.17. The van der Waals surface area contributed by atoms with E-state index in [2.05, 4.69) is 0 Å². The van der Waals surface area contributed by atoms with E-state index in [0.717, 1.165) is 10.9 Å². The van der Waals surface area contributed by atoms with Gasteiger partial charge in [-0.2, -0.15) is 0 Å². The molecular formula is C14H17NO2. The average Bonchev–Trinajstić information content (AvgIpc) is 2.65. The molecule has 0 aliphatic rings. The van der Waals surface area contributed by atoms with Crippen LogP contribution in [0.2, 0.25) is 0 Å². The van der Waals surface area contributed by atoms with E-state index in [1.165, 1.54) is 0 Å². The summed E-state index contributed by atoms with van der Waals surface area (Å²) < 4.78 is 1.93. The van der Waals surface area contributed by atoms with Crippen LogP contribution in [-0.2, 0) is 11.8 Å². The second-order valence-corrected chi connectivity index (χ2v) is 4.67. The van der Waals surface area contributed by atoms with Crippen molar-refractivity contribution in [2.75, 3.05) is 0 Å². The Morgan fingerprint density at radius 3 is 2.59 bits per heavy atom. The number of aliphatic hydroxyl groups excluding tert-OH is 1. The number of Topliss-reactive ketones (excluding diaryl/α,β-unsaturated/α-hetero) is 1. The standard InChI is InChI=1S/C14H17NO2/c1-9(2)13(16)14(17)11-8-15(3)12-7-5-4-6-10(11)12/h4-9,14,17H,1-3H3. The molecule has 1 unspecified atom stereocenters. The Morgan fingerprint density at radius 2 is 1.94 bits per heavy atom. The smallest absolute Gasteiger partial charge is 0.168 e. The number of ketones is 1. The average molecular weight is 231 g/mol. The highest BCUT2D eigenvalue weighted by Crippen LogP contribution is 2.27. The van der Waals surface area contributed by atoms with E-state index >= 15 is 0 Å². The molecule has 0 bridgehead atoms. The molecule has 0 amide bonds. The molecular weight excluding hydrogens is 214 g/mol. The van der Waals surface area contributed by atoms with Gasteiger partial charge in [0.15, 0.2) is 5.78 Å². The summed E-state index contributed by atoms with van der Waals surface area (Å²) in [6.07, 6.45) is 0.802. The quantitative estimate of drug-likeness (QED) is 0.881. The number of carbonyl (C=O) groups is 1. The van der Waals surface area contributed by atoms with Crippen molar-refractivity contribution < 1.29 is 9.90 Å². The fraction of sp³-hybridized carbons (Fsp3) is 0.357. The summed E-state index contributed by atoms with van der Waals surface area (Å²) >= 11 is 0. The summed E-state index contributed by atoms with van der Waals surface area (Å²) in [7, 11) is 1.92. The molecule has 1 atom stereocenters. The second-order valence-electron chi connectivity index (χ2n) is 4.67. The summed E-state index contributed by atoms with van der Waals surface area (Å²) in [4.78, 5) is 11.8. The first-order valence-corrected chi connectivity index (χ1v) is 5.78. The Kier molecular flexibility index (Phi) is 3.03. The van der Waals surface area contributed by atoms with Gasteiger partial charge in [0.25, 0.3) is 0 Å². The number of benzene rings is 1. The van der Waals surface area contributed by atoms with E-state index in [1.807, 2.05) is 42.1 Å². The minimum absolute atomic E-state index is 0.138. The summed E-state index contributed by atoms with van der Waals surface area (Å²) in [6.45, 7) is 3.60. The van der Waals surface area contributed by atoms with E-state index in [0.29, 0.717) is 5.56 Å². The van der Waals surface area contributed by atoms with Gasteiger partial charge in [-0.15, -0.1) is 0 Å². The highest BCUT2D eigenvalue weighted by Gasteiger charge is 2.23. The van der Waals surface area contributed by atoms with Gasteiger partial charge in [-0.05, 0) is 6.07 Å². The number of carbonyl (C=O) groups excluding carboxylic acids is 1. The largest absolute Gasteiger partial charge is 0.380 e. The van der Waals surface area contributed by atoms with Gasteiger partial charge in [-0.3, -0.25) is 4.79 Å². The molecule has 0 radical (unpaired) electrons. The molecule has 2 rings (SSSR count).